The van der Waals surface area contributed by atoms with Crippen LogP contribution in [0, 0.1) is 12.3 Å². The van der Waals surface area contributed by atoms with E-state index < -0.39 is 11.6 Å². The molecule has 0 radical (unpaired) electrons. The van der Waals surface area contributed by atoms with Crippen LogP contribution < -0.4 is 5.32 Å². The van der Waals surface area contributed by atoms with Gasteiger partial charge in [0.25, 0.3) is 0 Å². The molecule has 1 saturated heterocycles. The molecule has 1 aliphatic heterocycles. The Balaban J connectivity index is 2.29. The summed E-state index contributed by atoms with van der Waals surface area (Å²) in [5.41, 5.74) is 0.218. The van der Waals surface area contributed by atoms with Crippen molar-refractivity contribution in [3.63, 3.8) is 0 Å². The lowest BCUT2D eigenvalue weighted by Crippen LogP contribution is -2.59. The van der Waals surface area contributed by atoms with Crippen LogP contribution in [0.5, 0.6) is 0 Å². The molecule has 122 valence electrons. The van der Waals surface area contributed by atoms with Crippen LogP contribution >= 0.6 is 11.6 Å². The highest BCUT2D eigenvalue weighted by molar-refractivity contribution is 6.28. The number of anilines is 1. The van der Waals surface area contributed by atoms with E-state index in [9.17, 15) is 9.90 Å². The van der Waals surface area contributed by atoms with E-state index in [4.69, 9.17) is 11.6 Å². The maximum atomic E-state index is 11.6. The SMILES string of the molecule is Cc1cnc(Cl)nc1NC[C@]1(C(C)(C)C)CCCN1C(=O)O. The number of nitrogens with one attached hydrogen (secondary N) is 1. The summed E-state index contributed by atoms with van der Waals surface area (Å²) in [4.78, 5) is 21.3. The lowest BCUT2D eigenvalue weighted by Gasteiger charge is -2.47. The molecule has 0 saturated carbocycles. The van der Waals surface area contributed by atoms with Gasteiger partial charge in [0.2, 0.25) is 5.28 Å². The summed E-state index contributed by atoms with van der Waals surface area (Å²) in [5.74, 6) is 0.654. The van der Waals surface area contributed by atoms with E-state index in [-0.39, 0.29) is 10.7 Å². The van der Waals surface area contributed by atoms with Crippen molar-refractivity contribution in [3.8, 4) is 0 Å². The summed E-state index contributed by atoms with van der Waals surface area (Å²) in [5, 5.41) is 13.0. The fraction of sp³-hybridized carbons (Fsp3) is 0.667. The van der Waals surface area contributed by atoms with Crippen LogP contribution in [0.2, 0.25) is 5.28 Å². The van der Waals surface area contributed by atoms with E-state index in [0.717, 1.165) is 18.4 Å². The zero-order chi connectivity index (χ0) is 16.5. The van der Waals surface area contributed by atoms with Crippen molar-refractivity contribution >= 4 is 23.5 Å². The minimum atomic E-state index is -0.869. The molecule has 0 aliphatic carbocycles. The first-order valence-electron chi connectivity index (χ1n) is 7.41. The summed E-state index contributed by atoms with van der Waals surface area (Å²) in [6.45, 7) is 9.20. The number of amides is 1. The molecule has 1 aromatic heterocycles. The molecule has 1 aliphatic rings. The normalized spacial score (nSPS) is 22.0. The molecule has 0 bridgehead atoms. The minimum Gasteiger partial charge on any atom is -0.465 e. The van der Waals surface area contributed by atoms with Crippen molar-refractivity contribution in [3.05, 3.63) is 17.0 Å². The highest BCUT2D eigenvalue weighted by Gasteiger charge is 2.51. The summed E-state index contributed by atoms with van der Waals surface area (Å²) in [6.07, 6.45) is 2.49. The number of nitrogens with zero attached hydrogens (tertiary/aromatic N) is 3. The molecule has 2 heterocycles. The number of aromatic nitrogens is 2. The Hall–Kier alpha value is -1.56. The van der Waals surface area contributed by atoms with Gasteiger partial charge in [-0.15, -0.1) is 0 Å². The molecule has 1 aromatic rings. The van der Waals surface area contributed by atoms with Gasteiger partial charge in [0.1, 0.15) is 5.82 Å². The second kappa shape index (κ2) is 5.91. The Kier molecular flexibility index (Phi) is 4.52. The van der Waals surface area contributed by atoms with Gasteiger partial charge in [-0.1, -0.05) is 20.8 Å². The Bertz CT molecular complexity index is 573. The van der Waals surface area contributed by atoms with Gasteiger partial charge in [0.05, 0.1) is 5.54 Å². The van der Waals surface area contributed by atoms with E-state index in [0.29, 0.717) is 18.9 Å². The van der Waals surface area contributed by atoms with Gasteiger partial charge in [0.15, 0.2) is 0 Å². The van der Waals surface area contributed by atoms with Crippen LogP contribution in [-0.2, 0) is 0 Å². The Morgan fingerprint density at radius 2 is 2.23 bits per heavy atom. The number of aryl methyl sites for hydroxylation is 1. The number of rotatable bonds is 3. The largest absolute Gasteiger partial charge is 0.465 e. The van der Waals surface area contributed by atoms with Crippen molar-refractivity contribution in [1.82, 2.24) is 14.9 Å². The molecule has 7 heteroatoms. The molecular weight excluding hydrogens is 304 g/mol. The van der Waals surface area contributed by atoms with E-state index in [1.165, 1.54) is 0 Å². The van der Waals surface area contributed by atoms with Crippen LogP contribution in [0.3, 0.4) is 0 Å². The lowest BCUT2D eigenvalue weighted by atomic mass is 9.71. The van der Waals surface area contributed by atoms with Gasteiger partial charge in [-0.3, -0.25) is 0 Å². The predicted octanol–water partition coefficient (Wildman–Crippen LogP) is 3.41. The van der Waals surface area contributed by atoms with Crippen molar-refractivity contribution in [2.45, 2.75) is 46.1 Å². The molecule has 1 fully saturated rings. The fourth-order valence-electron chi connectivity index (χ4n) is 3.22. The zero-order valence-corrected chi connectivity index (χ0v) is 14.2. The molecule has 2 N–H and O–H groups in total. The van der Waals surface area contributed by atoms with Gasteiger partial charge in [-0.2, -0.15) is 0 Å². The number of carbonyl (C=O) groups is 1. The van der Waals surface area contributed by atoms with E-state index in [1.807, 2.05) is 6.92 Å². The number of hydrogen-bond acceptors (Lipinski definition) is 4. The Morgan fingerprint density at radius 1 is 1.55 bits per heavy atom. The second-order valence-electron chi connectivity index (χ2n) is 6.84. The summed E-state index contributed by atoms with van der Waals surface area (Å²) >= 11 is 5.85. The molecule has 1 amide bonds. The van der Waals surface area contributed by atoms with Crippen LogP contribution in [0.1, 0.15) is 39.2 Å². The smallest absolute Gasteiger partial charge is 0.407 e. The zero-order valence-electron chi connectivity index (χ0n) is 13.5. The van der Waals surface area contributed by atoms with Gasteiger partial charge in [-0.05, 0) is 36.8 Å². The lowest BCUT2D eigenvalue weighted by molar-refractivity contribution is 0.0399. The van der Waals surface area contributed by atoms with Crippen LogP contribution in [0.15, 0.2) is 6.20 Å². The summed E-state index contributed by atoms with van der Waals surface area (Å²) in [6, 6.07) is 0. The maximum absolute atomic E-state index is 11.6. The van der Waals surface area contributed by atoms with Gasteiger partial charge in [0, 0.05) is 24.8 Å². The molecule has 0 aromatic carbocycles. The minimum absolute atomic E-state index is 0.180. The molecule has 22 heavy (non-hydrogen) atoms. The average molecular weight is 327 g/mol. The molecule has 0 unspecified atom stereocenters. The topological polar surface area (TPSA) is 78.4 Å². The van der Waals surface area contributed by atoms with Crippen molar-refractivity contribution in [2.24, 2.45) is 5.41 Å². The average Bonchev–Trinajstić information content (AvgIpc) is 2.85. The first-order chi connectivity index (χ1) is 10.2. The molecule has 2 rings (SSSR count). The number of carboxylic acid groups (broad SMARTS) is 1. The van der Waals surface area contributed by atoms with Crippen LogP contribution in [-0.4, -0.2) is 44.7 Å². The first kappa shape index (κ1) is 16.8. The van der Waals surface area contributed by atoms with Crippen LogP contribution in [0.25, 0.3) is 0 Å². The quantitative estimate of drug-likeness (QED) is 0.832. The van der Waals surface area contributed by atoms with Gasteiger partial charge < -0.3 is 15.3 Å². The molecular formula is C15H23ClN4O2. The Morgan fingerprint density at radius 3 is 2.82 bits per heavy atom. The third-order valence-corrected chi connectivity index (χ3v) is 4.79. The molecule has 6 nitrogen and oxygen atoms in total. The highest BCUT2D eigenvalue weighted by Crippen LogP contribution is 2.43. The van der Waals surface area contributed by atoms with Gasteiger partial charge in [-0.25, -0.2) is 14.8 Å². The van der Waals surface area contributed by atoms with Crippen molar-refractivity contribution < 1.29 is 9.90 Å². The third kappa shape index (κ3) is 2.97. The fourth-order valence-corrected chi connectivity index (χ4v) is 3.35. The van der Waals surface area contributed by atoms with Crippen molar-refractivity contribution in [2.75, 3.05) is 18.4 Å². The van der Waals surface area contributed by atoms with E-state index in [1.54, 1.807) is 11.1 Å². The summed E-state index contributed by atoms with van der Waals surface area (Å²) < 4.78 is 0. The second-order valence-corrected chi connectivity index (χ2v) is 7.18. The van der Waals surface area contributed by atoms with E-state index in [2.05, 4.69) is 36.1 Å². The maximum Gasteiger partial charge on any atom is 0.407 e. The molecule has 0 spiro atoms. The highest BCUT2D eigenvalue weighted by atomic mass is 35.5. The molecule has 1 atom stereocenters. The van der Waals surface area contributed by atoms with E-state index >= 15 is 0 Å². The third-order valence-electron chi connectivity index (χ3n) is 4.61. The predicted molar refractivity (Wildman–Crippen MR) is 86.4 cm³/mol. The number of halogens is 1. The Labute approximate surface area is 135 Å². The standard InChI is InChI=1S/C15H23ClN4O2/c1-10-8-17-12(16)19-11(10)18-9-15(14(2,3)4)6-5-7-20(15)13(21)22/h8H,5-7,9H2,1-4H3,(H,21,22)(H,17,18,19)/t15-/m0/s1. The van der Waals surface area contributed by atoms with Crippen LogP contribution in [0.4, 0.5) is 10.6 Å². The van der Waals surface area contributed by atoms with Gasteiger partial charge >= 0.3 is 6.09 Å². The monoisotopic (exact) mass is 326 g/mol. The number of likely N-dealkylation sites (tertiary alicyclic amines) is 1. The first-order valence-corrected chi connectivity index (χ1v) is 7.79. The van der Waals surface area contributed by atoms with Crippen molar-refractivity contribution in [1.29, 1.82) is 0 Å². The number of hydrogen-bond donors (Lipinski definition) is 2. The summed E-state index contributed by atoms with van der Waals surface area (Å²) in [7, 11) is 0.